The number of carbonyl (C=O) groups excluding carboxylic acids is 1. The minimum atomic E-state index is -0.199. The first-order valence-electron chi connectivity index (χ1n) is 7.77. The van der Waals surface area contributed by atoms with Gasteiger partial charge in [0.1, 0.15) is 10.3 Å². The van der Waals surface area contributed by atoms with Crippen molar-refractivity contribution in [2.24, 2.45) is 0 Å². The van der Waals surface area contributed by atoms with Crippen LogP contribution in [0.25, 0.3) is 0 Å². The van der Waals surface area contributed by atoms with Crippen LogP contribution < -0.4 is 0 Å². The third-order valence-electron chi connectivity index (χ3n) is 3.68. The summed E-state index contributed by atoms with van der Waals surface area (Å²) in [4.78, 5) is 22.8. The van der Waals surface area contributed by atoms with Crippen LogP contribution in [0.3, 0.4) is 0 Å². The maximum absolute atomic E-state index is 13.1. The fourth-order valence-corrected chi connectivity index (χ4v) is 3.08. The quantitative estimate of drug-likeness (QED) is 0.542. The van der Waals surface area contributed by atoms with E-state index in [1.165, 1.54) is 12.1 Å². The predicted octanol–water partition coefficient (Wildman–Crippen LogP) is 5.28. The third kappa shape index (κ3) is 4.94. The van der Waals surface area contributed by atoms with Crippen LogP contribution in [0.1, 0.15) is 21.5 Å². The van der Waals surface area contributed by atoms with Gasteiger partial charge < -0.3 is 4.90 Å². The van der Waals surface area contributed by atoms with Crippen molar-refractivity contribution in [3.8, 4) is 0 Å². The van der Waals surface area contributed by atoms with Crippen molar-refractivity contribution in [3.05, 3.63) is 92.9 Å². The summed E-state index contributed by atoms with van der Waals surface area (Å²) in [6.45, 7) is 0.801. The van der Waals surface area contributed by atoms with E-state index in [1.54, 1.807) is 29.4 Å². The van der Waals surface area contributed by atoms with Gasteiger partial charge in [-0.25, -0.2) is 4.98 Å². The van der Waals surface area contributed by atoms with E-state index in [4.69, 9.17) is 34.8 Å². The highest BCUT2D eigenvalue weighted by atomic mass is 35.5. The summed E-state index contributed by atoms with van der Waals surface area (Å²) >= 11 is 17.8. The zero-order valence-corrected chi connectivity index (χ0v) is 15.8. The molecule has 0 unspecified atom stereocenters. The molecule has 7 heteroatoms. The Morgan fingerprint density at radius 2 is 1.58 bits per heavy atom. The molecule has 0 saturated heterocycles. The number of rotatable bonds is 5. The van der Waals surface area contributed by atoms with Gasteiger partial charge in [0, 0.05) is 36.1 Å². The van der Waals surface area contributed by atoms with Gasteiger partial charge in [-0.3, -0.25) is 9.78 Å². The van der Waals surface area contributed by atoms with Crippen molar-refractivity contribution >= 4 is 40.7 Å². The number of hydrogen-bond donors (Lipinski definition) is 0. The molecule has 0 aliphatic heterocycles. The Morgan fingerprint density at radius 3 is 2.19 bits per heavy atom. The lowest BCUT2D eigenvalue weighted by Gasteiger charge is -2.23. The number of pyridine rings is 2. The van der Waals surface area contributed by atoms with Crippen molar-refractivity contribution in [1.29, 1.82) is 0 Å². The second-order valence-corrected chi connectivity index (χ2v) is 6.86. The summed E-state index contributed by atoms with van der Waals surface area (Å²) in [7, 11) is 0. The second-order valence-electron chi connectivity index (χ2n) is 5.65. The van der Waals surface area contributed by atoms with Crippen LogP contribution in [0.4, 0.5) is 0 Å². The Labute approximate surface area is 166 Å². The van der Waals surface area contributed by atoms with Crippen molar-refractivity contribution in [2.75, 3.05) is 0 Å². The molecule has 26 heavy (non-hydrogen) atoms. The normalized spacial score (nSPS) is 10.6. The molecule has 0 radical (unpaired) electrons. The number of halogens is 3. The van der Waals surface area contributed by atoms with Gasteiger partial charge >= 0.3 is 0 Å². The van der Waals surface area contributed by atoms with Crippen molar-refractivity contribution in [1.82, 2.24) is 14.9 Å². The summed E-state index contributed by atoms with van der Waals surface area (Å²) in [6.07, 6.45) is 3.42. The molecule has 0 aliphatic carbocycles. The Bertz CT molecular complexity index is 881. The van der Waals surface area contributed by atoms with Gasteiger partial charge in [0.25, 0.3) is 5.91 Å². The average Bonchev–Trinajstić information content (AvgIpc) is 2.62. The number of carbonyl (C=O) groups is 1. The zero-order chi connectivity index (χ0) is 18.5. The Hall–Kier alpha value is -2.14. The molecule has 0 atom stereocenters. The van der Waals surface area contributed by atoms with Gasteiger partial charge in [0.05, 0.1) is 0 Å². The fourth-order valence-electron chi connectivity index (χ4n) is 2.49. The van der Waals surface area contributed by atoms with Crippen LogP contribution in [0.5, 0.6) is 0 Å². The maximum atomic E-state index is 13.1. The molecule has 3 aromatic rings. The topological polar surface area (TPSA) is 46.1 Å². The summed E-state index contributed by atoms with van der Waals surface area (Å²) < 4.78 is 0. The van der Waals surface area contributed by atoms with Crippen molar-refractivity contribution < 1.29 is 4.79 Å². The smallest absolute Gasteiger partial charge is 0.254 e. The van der Waals surface area contributed by atoms with E-state index in [2.05, 4.69) is 9.97 Å². The number of hydrogen-bond acceptors (Lipinski definition) is 3. The van der Waals surface area contributed by atoms with Crippen LogP contribution >= 0.6 is 34.8 Å². The first-order valence-corrected chi connectivity index (χ1v) is 8.90. The Kier molecular flexibility index (Phi) is 6.09. The molecule has 3 rings (SSSR count). The molecule has 0 bridgehead atoms. The van der Waals surface area contributed by atoms with Crippen LogP contribution in [0.15, 0.2) is 60.9 Å². The van der Waals surface area contributed by atoms with E-state index in [-0.39, 0.29) is 16.2 Å². The number of aromatic nitrogens is 2. The van der Waals surface area contributed by atoms with Crippen LogP contribution in [0, 0.1) is 0 Å². The minimum absolute atomic E-state index is 0.175. The number of nitrogens with zero attached hydrogens (tertiary/aromatic N) is 3. The molecule has 0 saturated carbocycles. The van der Waals surface area contributed by atoms with E-state index in [0.29, 0.717) is 23.7 Å². The van der Waals surface area contributed by atoms with E-state index in [1.807, 2.05) is 24.3 Å². The van der Waals surface area contributed by atoms with Crippen molar-refractivity contribution in [3.63, 3.8) is 0 Å². The van der Waals surface area contributed by atoms with Gasteiger partial charge in [-0.15, -0.1) is 0 Å². The monoisotopic (exact) mass is 405 g/mol. The average molecular weight is 407 g/mol. The molecule has 1 amide bonds. The highest BCUT2D eigenvalue weighted by molar-refractivity contribution is 6.33. The molecular formula is C19H14Cl3N3O. The van der Waals surface area contributed by atoms with Crippen LogP contribution in [0.2, 0.25) is 15.3 Å². The van der Waals surface area contributed by atoms with E-state index in [0.717, 1.165) is 11.1 Å². The van der Waals surface area contributed by atoms with Gasteiger partial charge in [-0.05, 0) is 41.5 Å². The molecule has 132 valence electrons. The lowest BCUT2D eigenvalue weighted by molar-refractivity contribution is 0.0729. The maximum Gasteiger partial charge on any atom is 0.254 e. The lowest BCUT2D eigenvalue weighted by Crippen LogP contribution is -2.30. The molecule has 0 fully saturated rings. The van der Waals surface area contributed by atoms with Gasteiger partial charge in [-0.2, -0.15) is 0 Å². The van der Waals surface area contributed by atoms with Gasteiger partial charge in [-0.1, -0.05) is 53.0 Å². The summed E-state index contributed by atoms with van der Waals surface area (Å²) in [5.74, 6) is -0.199. The summed E-state index contributed by atoms with van der Waals surface area (Å²) in [5, 5.41) is 0.994. The minimum Gasteiger partial charge on any atom is -0.330 e. The largest absolute Gasteiger partial charge is 0.330 e. The zero-order valence-electron chi connectivity index (χ0n) is 13.6. The first-order chi connectivity index (χ1) is 12.5. The standard InChI is InChI=1S/C19H14Cl3N3O/c20-16-5-3-13(4-6-16)11-25(12-14-2-1-7-23-10-14)19(26)15-8-17(21)24-18(22)9-15/h1-10H,11-12H2. The lowest BCUT2D eigenvalue weighted by atomic mass is 10.1. The fraction of sp³-hybridized carbons (Fsp3) is 0.105. The molecule has 2 heterocycles. The first kappa shape index (κ1) is 18.6. The molecule has 1 aromatic carbocycles. The Balaban J connectivity index is 1.90. The van der Waals surface area contributed by atoms with Crippen molar-refractivity contribution in [2.45, 2.75) is 13.1 Å². The second kappa shape index (κ2) is 8.49. The summed E-state index contributed by atoms with van der Waals surface area (Å²) in [5.41, 5.74) is 2.26. The highest BCUT2D eigenvalue weighted by Gasteiger charge is 2.18. The number of benzene rings is 1. The number of amides is 1. The molecular weight excluding hydrogens is 393 g/mol. The molecule has 2 aromatic heterocycles. The van der Waals surface area contributed by atoms with Crippen LogP contribution in [-0.4, -0.2) is 20.8 Å². The SMILES string of the molecule is O=C(c1cc(Cl)nc(Cl)c1)N(Cc1ccc(Cl)cc1)Cc1cccnc1. The highest BCUT2D eigenvalue weighted by Crippen LogP contribution is 2.20. The molecule has 0 aliphatic rings. The van der Waals surface area contributed by atoms with Gasteiger partial charge in [0.15, 0.2) is 0 Å². The van der Waals surface area contributed by atoms with E-state index in [9.17, 15) is 4.79 Å². The Morgan fingerprint density at radius 1 is 0.923 bits per heavy atom. The molecule has 0 N–H and O–H groups in total. The van der Waals surface area contributed by atoms with Gasteiger partial charge in [0.2, 0.25) is 0 Å². The van der Waals surface area contributed by atoms with E-state index < -0.39 is 0 Å². The summed E-state index contributed by atoms with van der Waals surface area (Å²) in [6, 6.07) is 14.1. The third-order valence-corrected chi connectivity index (χ3v) is 4.32. The van der Waals surface area contributed by atoms with Crippen LogP contribution in [-0.2, 0) is 13.1 Å². The molecule has 4 nitrogen and oxygen atoms in total. The predicted molar refractivity (Wildman–Crippen MR) is 104 cm³/mol. The van der Waals surface area contributed by atoms with E-state index >= 15 is 0 Å². The molecule has 0 spiro atoms.